The van der Waals surface area contributed by atoms with Gasteiger partial charge < -0.3 is 14.9 Å². The second-order valence-electron chi connectivity index (χ2n) is 5.00. The molecule has 23 heavy (non-hydrogen) atoms. The van der Waals surface area contributed by atoms with Crippen molar-refractivity contribution in [2.75, 3.05) is 11.5 Å². The average molecular weight is 331 g/mol. The maximum atomic E-state index is 12.2. The Bertz CT molecular complexity index is 859. The summed E-state index contributed by atoms with van der Waals surface area (Å²) in [6.45, 7) is 2.45. The monoisotopic (exact) mass is 331 g/mol. The summed E-state index contributed by atoms with van der Waals surface area (Å²) in [6.07, 6.45) is 0.977. The highest BCUT2D eigenvalue weighted by molar-refractivity contribution is 7.95. The summed E-state index contributed by atoms with van der Waals surface area (Å²) < 4.78 is 6.96. The fraction of sp³-hybridized carbons (Fsp3) is 0.267. The first kappa shape index (κ1) is 15.4. The summed E-state index contributed by atoms with van der Waals surface area (Å²) >= 11 is 1.26. The fourth-order valence-corrected chi connectivity index (χ4v) is 2.59. The minimum atomic E-state index is -0.275. The second kappa shape index (κ2) is 6.74. The Morgan fingerprint density at radius 2 is 2.09 bits per heavy atom. The number of imidazole rings is 1. The van der Waals surface area contributed by atoms with E-state index in [2.05, 4.69) is 21.9 Å². The Balaban J connectivity index is 2.00. The average Bonchev–Trinajstić information content (AvgIpc) is 2.86. The molecule has 0 aliphatic carbocycles. The van der Waals surface area contributed by atoms with E-state index in [-0.39, 0.29) is 17.5 Å². The van der Waals surface area contributed by atoms with E-state index < -0.39 is 0 Å². The molecule has 0 unspecified atom stereocenters. The molecule has 0 spiro atoms. The number of aromatic nitrogens is 4. The Morgan fingerprint density at radius 1 is 1.30 bits per heavy atom. The molecule has 2 heterocycles. The largest absolute Gasteiger partial charge is 0.389 e. The molecule has 0 atom stereocenters. The van der Waals surface area contributed by atoms with Crippen molar-refractivity contribution < 1.29 is 4.18 Å². The van der Waals surface area contributed by atoms with Crippen molar-refractivity contribution in [1.82, 2.24) is 19.5 Å². The number of hydrogen-bond donors (Lipinski definition) is 2. The molecular weight excluding hydrogens is 314 g/mol. The normalized spacial score (nSPS) is 11.0. The molecule has 3 rings (SSSR count). The number of nitrogens with zero attached hydrogens (tertiary/aromatic N) is 3. The van der Waals surface area contributed by atoms with Crippen LogP contribution in [0.1, 0.15) is 18.9 Å². The molecule has 0 radical (unpaired) electrons. The minimum Gasteiger partial charge on any atom is -0.389 e. The molecule has 3 aromatic rings. The van der Waals surface area contributed by atoms with Gasteiger partial charge in [0.05, 0.1) is 18.6 Å². The molecule has 3 N–H and O–H groups in total. The van der Waals surface area contributed by atoms with Gasteiger partial charge in [0.15, 0.2) is 11.5 Å². The quantitative estimate of drug-likeness (QED) is 0.530. The lowest BCUT2D eigenvalue weighted by Gasteiger charge is -2.05. The van der Waals surface area contributed by atoms with Crippen molar-refractivity contribution in [3.05, 3.63) is 46.4 Å². The topological polar surface area (TPSA) is 98.8 Å². The maximum absolute atomic E-state index is 12.2. The van der Waals surface area contributed by atoms with Gasteiger partial charge in [0.25, 0.3) is 0 Å². The molecule has 0 aliphatic heterocycles. The predicted octanol–water partition coefficient (Wildman–Crippen LogP) is 2.19. The summed E-state index contributed by atoms with van der Waals surface area (Å²) in [4.78, 5) is 23.3. The van der Waals surface area contributed by atoms with Crippen molar-refractivity contribution in [2.24, 2.45) is 0 Å². The smallest absolute Gasteiger partial charge is 0.332 e. The van der Waals surface area contributed by atoms with Gasteiger partial charge in [-0.2, -0.15) is 9.97 Å². The van der Waals surface area contributed by atoms with Crippen LogP contribution in [-0.2, 0) is 6.54 Å². The van der Waals surface area contributed by atoms with E-state index in [9.17, 15) is 4.79 Å². The van der Waals surface area contributed by atoms with E-state index in [0.717, 1.165) is 17.7 Å². The number of H-pyrrole nitrogens is 1. The van der Waals surface area contributed by atoms with E-state index >= 15 is 0 Å². The first-order valence-corrected chi connectivity index (χ1v) is 8.19. The van der Waals surface area contributed by atoms with Gasteiger partial charge in [-0.25, -0.2) is 4.79 Å². The molecule has 0 saturated carbocycles. The number of fused-ring (bicyclic) bond motifs is 1. The van der Waals surface area contributed by atoms with Crippen LogP contribution in [0.25, 0.3) is 11.2 Å². The number of nitrogen functional groups attached to an aromatic ring is 1. The van der Waals surface area contributed by atoms with Crippen LogP contribution in [0, 0.1) is 0 Å². The summed E-state index contributed by atoms with van der Waals surface area (Å²) in [5.41, 5.74) is 7.51. The molecule has 8 heteroatoms. The molecule has 0 fully saturated rings. The molecule has 0 aliphatic rings. The molecule has 1 aromatic carbocycles. The highest BCUT2D eigenvalue weighted by atomic mass is 32.2. The van der Waals surface area contributed by atoms with Crippen molar-refractivity contribution in [3.63, 3.8) is 0 Å². The van der Waals surface area contributed by atoms with Crippen LogP contribution in [0.15, 0.2) is 35.1 Å². The third-order valence-electron chi connectivity index (χ3n) is 3.23. The van der Waals surface area contributed by atoms with Gasteiger partial charge >= 0.3 is 11.7 Å². The van der Waals surface area contributed by atoms with Gasteiger partial charge in [0.2, 0.25) is 0 Å². The summed E-state index contributed by atoms with van der Waals surface area (Å²) in [5.74, 6) is 1.02. The summed E-state index contributed by atoms with van der Waals surface area (Å²) in [6, 6.07) is 9.84. The molecule has 7 nitrogen and oxygen atoms in total. The third kappa shape index (κ3) is 3.31. The lowest BCUT2D eigenvalue weighted by atomic mass is 10.2. The molecule has 120 valence electrons. The van der Waals surface area contributed by atoms with Crippen LogP contribution in [0.5, 0.6) is 6.01 Å². The Hall–Kier alpha value is -2.48. The van der Waals surface area contributed by atoms with Gasteiger partial charge in [0.1, 0.15) is 5.52 Å². The number of rotatable bonds is 6. The standard InChI is InChI=1S/C15H17N5O2S/c1-2-8-23-22-14-18-12(16)11-13(19-14)20(15(21)17-11)9-10-6-4-3-5-7-10/h3-7H,2,8-9H2,1H3,(H,17,21)(H2,16,18,19). The van der Waals surface area contributed by atoms with Crippen LogP contribution in [0.2, 0.25) is 0 Å². The first-order chi connectivity index (χ1) is 11.2. The van der Waals surface area contributed by atoms with E-state index in [1.54, 1.807) is 0 Å². The van der Waals surface area contributed by atoms with Gasteiger partial charge in [0, 0.05) is 5.75 Å². The van der Waals surface area contributed by atoms with Crippen molar-refractivity contribution in [1.29, 1.82) is 0 Å². The molecular formula is C15H17N5O2S. The maximum Gasteiger partial charge on any atom is 0.332 e. The van der Waals surface area contributed by atoms with Crippen LogP contribution in [0.3, 0.4) is 0 Å². The van der Waals surface area contributed by atoms with Crippen LogP contribution in [0.4, 0.5) is 5.82 Å². The van der Waals surface area contributed by atoms with Gasteiger partial charge in [-0.15, -0.1) is 0 Å². The van der Waals surface area contributed by atoms with Crippen LogP contribution in [-0.4, -0.2) is 25.3 Å². The Morgan fingerprint density at radius 3 is 2.83 bits per heavy atom. The highest BCUT2D eigenvalue weighted by Crippen LogP contribution is 2.20. The van der Waals surface area contributed by atoms with E-state index in [0.29, 0.717) is 17.7 Å². The number of anilines is 1. The summed E-state index contributed by atoms with van der Waals surface area (Å²) in [5, 5.41) is 0. The molecule has 0 saturated heterocycles. The predicted molar refractivity (Wildman–Crippen MR) is 91.5 cm³/mol. The zero-order chi connectivity index (χ0) is 16.2. The number of benzene rings is 1. The fourth-order valence-electron chi connectivity index (χ4n) is 2.16. The zero-order valence-corrected chi connectivity index (χ0v) is 13.5. The van der Waals surface area contributed by atoms with E-state index in [1.807, 2.05) is 30.3 Å². The van der Waals surface area contributed by atoms with Gasteiger partial charge in [-0.1, -0.05) is 37.3 Å². The third-order valence-corrected chi connectivity index (χ3v) is 4.08. The van der Waals surface area contributed by atoms with Crippen LogP contribution >= 0.6 is 12.0 Å². The number of nitrogens with two attached hydrogens (primary N) is 1. The van der Waals surface area contributed by atoms with Gasteiger partial charge in [-0.3, -0.25) is 4.57 Å². The van der Waals surface area contributed by atoms with Crippen molar-refractivity contribution >= 4 is 29.0 Å². The number of nitrogens with one attached hydrogen (secondary N) is 1. The lowest BCUT2D eigenvalue weighted by Crippen LogP contribution is -2.17. The minimum absolute atomic E-state index is 0.161. The summed E-state index contributed by atoms with van der Waals surface area (Å²) in [7, 11) is 0. The molecule has 2 aromatic heterocycles. The zero-order valence-electron chi connectivity index (χ0n) is 12.7. The lowest BCUT2D eigenvalue weighted by molar-refractivity contribution is 0.586. The molecule has 0 bridgehead atoms. The second-order valence-corrected chi connectivity index (χ2v) is 5.81. The number of aromatic amines is 1. The van der Waals surface area contributed by atoms with E-state index in [1.165, 1.54) is 16.6 Å². The Kier molecular flexibility index (Phi) is 4.52. The highest BCUT2D eigenvalue weighted by Gasteiger charge is 2.15. The van der Waals surface area contributed by atoms with Crippen molar-refractivity contribution in [2.45, 2.75) is 19.9 Å². The van der Waals surface area contributed by atoms with E-state index in [4.69, 9.17) is 9.92 Å². The van der Waals surface area contributed by atoms with Crippen molar-refractivity contribution in [3.8, 4) is 6.01 Å². The first-order valence-electron chi connectivity index (χ1n) is 7.28. The van der Waals surface area contributed by atoms with Gasteiger partial charge in [-0.05, 0) is 12.0 Å². The molecule has 0 amide bonds. The van der Waals surface area contributed by atoms with Crippen LogP contribution < -0.4 is 15.6 Å². The Labute approximate surface area is 137 Å². The SMILES string of the molecule is CCCSOc1nc(N)c2[nH]c(=O)n(Cc3ccccc3)c2n1. The number of hydrogen-bond acceptors (Lipinski definition) is 6.